The van der Waals surface area contributed by atoms with Gasteiger partial charge >= 0.3 is 11.7 Å². The summed E-state index contributed by atoms with van der Waals surface area (Å²) in [7, 11) is 1.35. The first kappa shape index (κ1) is 20.8. The van der Waals surface area contributed by atoms with E-state index in [1.54, 1.807) is 19.1 Å². The van der Waals surface area contributed by atoms with E-state index in [4.69, 9.17) is 21.7 Å². The summed E-state index contributed by atoms with van der Waals surface area (Å²) in [5, 5.41) is 11.1. The molecule has 1 aromatic rings. The first-order valence-electron chi connectivity index (χ1n) is 8.10. The van der Waals surface area contributed by atoms with E-state index in [-0.39, 0.29) is 29.7 Å². The zero-order valence-corrected chi connectivity index (χ0v) is 16.4. The Morgan fingerprint density at radius 1 is 1.44 bits per heavy atom. The molecule has 0 aromatic heterocycles. The molecular weight excluding hydrogens is 392 g/mol. The predicted molar refractivity (Wildman–Crippen MR) is 105 cm³/mol. The van der Waals surface area contributed by atoms with E-state index in [1.807, 2.05) is 0 Å². The Labute approximate surface area is 165 Å². The Bertz CT molecular complexity index is 809. The zero-order chi connectivity index (χ0) is 20.0. The second-order valence-corrected chi connectivity index (χ2v) is 7.11. The minimum atomic E-state index is -0.545. The summed E-state index contributed by atoms with van der Waals surface area (Å²) in [6, 6.07) is 4.44. The summed E-state index contributed by atoms with van der Waals surface area (Å²) in [6.07, 6.45) is 2.19. The number of ether oxygens (including phenoxy) is 2. The summed E-state index contributed by atoms with van der Waals surface area (Å²) in [5.41, 5.74) is 0.311. The van der Waals surface area contributed by atoms with Gasteiger partial charge in [-0.1, -0.05) is 30.0 Å². The molecule has 1 aromatic carbocycles. The van der Waals surface area contributed by atoms with Crippen molar-refractivity contribution < 1.29 is 24.0 Å². The second-order valence-electron chi connectivity index (χ2n) is 5.43. The number of rotatable bonds is 8. The van der Waals surface area contributed by atoms with Gasteiger partial charge in [-0.15, -0.1) is 0 Å². The maximum Gasteiger partial charge on any atom is 0.311 e. The first-order valence-corrected chi connectivity index (χ1v) is 9.33. The monoisotopic (exact) mass is 410 g/mol. The molecule has 0 atom stereocenters. The third-order valence-electron chi connectivity index (χ3n) is 3.64. The number of benzene rings is 1. The van der Waals surface area contributed by atoms with Crippen LogP contribution in [0.1, 0.15) is 25.3 Å². The molecule has 0 unspecified atom stereocenters. The van der Waals surface area contributed by atoms with Gasteiger partial charge in [0.15, 0.2) is 5.75 Å². The van der Waals surface area contributed by atoms with Crippen LogP contribution < -0.4 is 4.74 Å². The highest BCUT2D eigenvalue weighted by molar-refractivity contribution is 8.26. The van der Waals surface area contributed by atoms with E-state index in [0.717, 1.165) is 11.8 Å². The normalized spacial score (nSPS) is 15.3. The van der Waals surface area contributed by atoms with Crippen molar-refractivity contribution in [1.82, 2.24) is 4.90 Å². The van der Waals surface area contributed by atoms with Gasteiger partial charge in [0.1, 0.15) is 4.32 Å². The second kappa shape index (κ2) is 9.47. The van der Waals surface area contributed by atoms with Crippen molar-refractivity contribution in [1.29, 1.82) is 0 Å². The average Bonchev–Trinajstić information content (AvgIpc) is 2.89. The molecule has 144 valence electrons. The fourth-order valence-electron chi connectivity index (χ4n) is 2.40. The average molecular weight is 410 g/mol. The Morgan fingerprint density at radius 2 is 2.19 bits per heavy atom. The number of hydrogen-bond donors (Lipinski definition) is 0. The van der Waals surface area contributed by atoms with Crippen LogP contribution in [0.4, 0.5) is 5.69 Å². The summed E-state index contributed by atoms with van der Waals surface area (Å²) in [5.74, 6) is -0.458. The van der Waals surface area contributed by atoms with Gasteiger partial charge in [-0.2, -0.15) is 0 Å². The van der Waals surface area contributed by atoms with Gasteiger partial charge in [-0.25, -0.2) is 0 Å². The molecule has 10 heteroatoms. The lowest BCUT2D eigenvalue weighted by molar-refractivity contribution is -0.385. The lowest BCUT2D eigenvalue weighted by Crippen LogP contribution is -2.29. The van der Waals surface area contributed by atoms with Crippen molar-refractivity contribution in [3.63, 3.8) is 0 Å². The number of nitro benzene ring substituents is 1. The summed E-state index contributed by atoms with van der Waals surface area (Å²) >= 11 is 6.35. The fraction of sp³-hybridized carbons (Fsp3) is 0.353. The Kier molecular flexibility index (Phi) is 7.31. The third kappa shape index (κ3) is 5.27. The Hall–Kier alpha value is -2.46. The predicted octanol–water partition coefficient (Wildman–Crippen LogP) is 3.15. The highest BCUT2D eigenvalue weighted by atomic mass is 32.2. The van der Waals surface area contributed by atoms with Crippen molar-refractivity contribution in [2.75, 3.05) is 20.3 Å². The quantitative estimate of drug-likeness (QED) is 0.212. The van der Waals surface area contributed by atoms with Crippen LogP contribution in [-0.2, 0) is 14.3 Å². The van der Waals surface area contributed by atoms with E-state index in [2.05, 4.69) is 0 Å². The van der Waals surface area contributed by atoms with Crippen LogP contribution in [-0.4, -0.2) is 46.3 Å². The Balaban J connectivity index is 2.10. The summed E-state index contributed by atoms with van der Waals surface area (Å²) in [6.45, 7) is 2.36. The van der Waals surface area contributed by atoms with E-state index >= 15 is 0 Å². The van der Waals surface area contributed by atoms with Crippen LogP contribution in [0, 0.1) is 10.1 Å². The van der Waals surface area contributed by atoms with Crippen molar-refractivity contribution in [2.24, 2.45) is 0 Å². The van der Waals surface area contributed by atoms with Gasteiger partial charge < -0.3 is 9.47 Å². The van der Waals surface area contributed by atoms with Gasteiger partial charge in [0.2, 0.25) is 0 Å². The molecule has 1 heterocycles. The molecule has 1 aliphatic heterocycles. The van der Waals surface area contributed by atoms with Gasteiger partial charge in [0, 0.05) is 19.0 Å². The zero-order valence-electron chi connectivity index (χ0n) is 14.8. The number of nitro groups is 1. The third-order valence-corrected chi connectivity index (χ3v) is 5.02. The van der Waals surface area contributed by atoms with Crippen LogP contribution in [0.3, 0.4) is 0 Å². The molecule has 1 saturated heterocycles. The van der Waals surface area contributed by atoms with E-state index in [9.17, 15) is 19.7 Å². The maximum atomic E-state index is 12.5. The topological polar surface area (TPSA) is 99.0 Å². The maximum absolute atomic E-state index is 12.5. The van der Waals surface area contributed by atoms with Crippen LogP contribution in [0.15, 0.2) is 23.1 Å². The number of methoxy groups -OCH3 is 1. The molecule has 2 rings (SSSR count). The minimum absolute atomic E-state index is 0.142. The molecule has 0 radical (unpaired) electrons. The molecule has 0 spiro atoms. The molecule has 1 aliphatic rings. The van der Waals surface area contributed by atoms with E-state index in [0.29, 0.717) is 34.4 Å². The number of nitrogens with zero attached hydrogens (tertiary/aromatic N) is 2. The molecule has 8 nitrogen and oxygen atoms in total. The first-order chi connectivity index (χ1) is 12.9. The van der Waals surface area contributed by atoms with Crippen LogP contribution in [0.25, 0.3) is 6.08 Å². The standard InChI is InChI=1S/C17H18N2O6S2/c1-3-25-15(20)5-4-8-18-16(21)14(27-17(18)26)10-11-6-7-13(24-2)12(9-11)19(22)23/h6-7,9-10H,3-5,8H2,1-2H3/b14-10-. The molecule has 0 saturated carbocycles. The van der Waals surface area contributed by atoms with E-state index < -0.39 is 4.92 Å². The van der Waals surface area contributed by atoms with Crippen molar-refractivity contribution >= 4 is 51.9 Å². The molecule has 0 bridgehead atoms. The number of esters is 1. The fourth-order valence-corrected chi connectivity index (χ4v) is 3.71. The number of carbonyl (C=O) groups is 2. The molecule has 0 aliphatic carbocycles. The van der Waals surface area contributed by atoms with Gasteiger partial charge in [-0.05, 0) is 31.1 Å². The highest BCUT2D eigenvalue weighted by Crippen LogP contribution is 2.34. The lowest BCUT2D eigenvalue weighted by Gasteiger charge is -2.13. The van der Waals surface area contributed by atoms with Crippen molar-refractivity contribution in [2.45, 2.75) is 19.8 Å². The molecule has 0 N–H and O–H groups in total. The van der Waals surface area contributed by atoms with Gasteiger partial charge in [0.05, 0.1) is 23.5 Å². The lowest BCUT2D eigenvalue weighted by atomic mass is 10.1. The summed E-state index contributed by atoms with van der Waals surface area (Å²) in [4.78, 5) is 36.3. The smallest absolute Gasteiger partial charge is 0.311 e. The number of carbonyl (C=O) groups excluding carboxylic acids is 2. The molecular formula is C17H18N2O6S2. The summed E-state index contributed by atoms with van der Waals surface area (Å²) < 4.78 is 10.2. The SMILES string of the molecule is CCOC(=O)CCCN1C(=O)/C(=C/c2ccc(OC)c([N+](=O)[O-])c2)SC1=S. The van der Waals surface area contributed by atoms with Gasteiger partial charge in [-0.3, -0.25) is 24.6 Å². The minimum Gasteiger partial charge on any atom is -0.490 e. The van der Waals surface area contributed by atoms with Crippen LogP contribution in [0.5, 0.6) is 5.75 Å². The number of thiocarbonyl (C=S) groups is 1. The largest absolute Gasteiger partial charge is 0.490 e. The van der Waals surface area contributed by atoms with Crippen LogP contribution >= 0.6 is 24.0 Å². The van der Waals surface area contributed by atoms with Gasteiger partial charge in [0.25, 0.3) is 5.91 Å². The molecule has 27 heavy (non-hydrogen) atoms. The van der Waals surface area contributed by atoms with E-state index in [1.165, 1.54) is 24.1 Å². The van der Waals surface area contributed by atoms with Crippen molar-refractivity contribution in [3.05, 3.63) is 38.8 Å². The highest BCUT2D eigenvalue weighted by Gasteiger charge is 2.31. The molecule has 1 amide bonds. The molecule has 1 fully saturated rings. The van der Waals surface area contributed by atoms with Crippen molar-refractivity contribution in [3.8, 4) is 5.75 Å². The number of hydrogen-bond acceptors (Lipinski definition) is 8. The van der Waals surface area contributed by atoms with Crippen LogP contribution in [0.2, 0.25) is 0 Å². The number of thioether (sulfide) groups is 1. The Morgan fingerprint density at radius 3 is 2.81 bits per heavy atom. The number of amides is 1.